The summed E-state index contributed by atoms with van der Waals surface area (Å²) in [6.07, 6.45) is 0.997. The van der Waals surface area contributed by atoms with Crippen LogP contribution < -0.4 is 5.32 Å². The van der Waals surface area contributed by atoms with Crippen LogP contribution in [0.3, 0.4) is 0 Å². The van der Waals surface area contributed by atoms with Crippen LogP contribution in [0.25, 0.3) is 11.3 Å². The third-order valence-corrected chi connectivity index (χ3v) is 3.97. The highest BCUT2D eigenvalue weighted by atomic mass is 79.9. The van der Waals surface area contributed by atoms with E-state index in [1.807, 2.05) is 12.1 Å². The molecule has 2 aromatic rings. The third kappa shape index (κ3) is 3.90. The van der Waals surface area contributed by atoms with Crippen LogP contribution in [0.5, 0.6) is 0 Å². The molecule has 0 saturated heterocycles. The molecule has 0 atom stereocenters. The van der Waals surface area contributed by atoms with Crippen molar-refractivity contribution in [2.75, 3.05) is 6.54 Å². The van der Waals surface area contributed by atoms with Crippen LogP contribution in [0, 0.1) is 0 Å². The summed E-state index contributed by atoms with van der Waals surface area (Å²) >= 11 is 5.23. The van der Waals surface area contributed by atoms with E-state index in [4.69, 9.17) is 0 Å². The highest BCUT2D eigenvalue weighted by Gasteiger charge is 2.05. The van der Waals surface area contributed by atoms with E-state index in [2.05, 4.69) is 57.6 Å². The molecule has 0 saturated carbocycles. The van der Waals surface area contributed by atoms with Crippen molar-refractivity contribution in [1.29, 1.82) is 0 Å². The van der Waals surface area contributed by atoms with Gasteiger partial charge in [-0.05, 0) is 12.1 Å². The number of aromatic nitrogens is 1. The molecule has 0 fully saturated rings. The zero-order valence-corrected chi connectivity index (χ0v) is 13.0. The Morgan fingerprint density at radius 1 is 1.39 bits per heavy atom. The van der Waals surface area contributed by atoms with Gasteiger partial charge in [0.15, 0.2) is 0 Å². The molecular weight excluding hydrogens is 308 g/mol. The summed E-state index contributed by atoms with van der Waals surface area (Å²) in [4.78, 5) is 4.68. The van der Waals surface area contributed by atoms with Gasteiger partial charge in [0.25, 0.3) is 0 Å². The van der Waals surface area contributed by atoms with E-state index < -0.39 is 0 Å². The van der Waals surface area contributed by atoms with Gasteiger partial charge in [-0.15, -0.1) is 11.3 Å². The molecule has 1 N–H and O–H groups in total. The minimum Gasteiger partial charge on any atom is -0.314 e. The molecule has 0 spiro atoms. The maximum atomic E-state index is 4.68. The lowest BCUT2D eigenvalue weighted by Gasteiger charge is -2.05. The van der Waals surface area contributed by atoms with Crippen LogP contribution in [0.2, 0.25) is 0 Å². The Morgan fingerprint density at radius 3 is 2.94 bits per heavy atom. The van der Waals surface area contributed by atoms with Crippen LogP contribution in [0.1, 0.15) is 18.9 Å². The fourth-order valence-corrected chi connectivity index (χ4v) is 2.88. The van der Waals surface area contributed by atoms with Crippen LogP contribution in [0.15, 0.2) is 34.1 Å². The van der Waals surface area contributed by atoms with Crippen molar-refractivity contribution in [3.05, 3.63) is 39.1 Å². The van der Waals surface area contributed by atoms with Crippen molar-refractivity contribution in [3.63, 3.8) is 0 Å². The topological polar surface area (TPSA) is 24.9 Å². The lowest BCUT2D eigenvalue weighted by molar-refractivity contribution is 0.590. The number of thiazole rings is 1. The van der Waals surface area contributed by atoms with Gasteiger partial charge in [0.05, 0.1) is 10.7 Å². The van der Waals surface area contributed by atoms with E-state index in [-0.39, 0.29) is 0 Å². The minimum atomic E-state index is 0.537. The molecule has 2 rings (SSSR count). The maximum absolute atomic E-state index is 4.68. The normalized spacial score (nSPS) is 11.1. The van der Waals surface area contributed by atoms with Gasteiger partial charge < -0.3 is 5.32 Å². The number of nitrogens with zero attached hydrogens (tertiary/aromatic N) is 1. The van der Waals surface area contributed by atoms with Gasteiger partial charge in [-0.25, -0.2) is 4.98 Å². The predicted octanol–water partition coefficient (Wildman–Crippen LogP) is 4.11. The fourth-order valence-electron chi connectivity index (χ4n) is 1.67. The maximum Gasteiger partial charge on any atom is 0.0945 e. The van der Waals surface area contributed by atoms with E-state index >= 15 is 0 Å². The fraction of sp³-hybridized carbons (Fsp3) is 0.357. The molecule has 1 aromatic heterocycles. The number of nitrogens with one attached hydrogen (secondary N) is 1. The quantitative estimate of drug-likeness (QED) is 0.895. The molecule has 0 aliphatic rings. The Hall–Kier alpha value is -0.710. The van der Waals surface area contributed by atoms with Gasteiger partial charge in [-0.1, -0.05) is 41.9 Å². The van der Waals surface area contributed by atoms with Crippen LogP contribution in [0.4, 0.5) is 0 Å². The molecule has 0 aliphatic carbocycles. The van der Waals surface area contributed by atoms with Crippen LogP contribution in [-0.2, 0) is 6.42 Å². The Balaban J connectivity index is 2.02. The summed E-state index contributed by atoms with van der Waals surface area (Å²) in [6.45, 7) is 5.31. The van der Waals surface area contributed by atoms with E-state index in [9.17, 15) is 0 Å². The molecule has 0 bridgehead atoms. The first kappa shape index (κ1) is 13.7. The van der Waals surface area contributed by atoms with Crippen LogP contribution in [-0.4, -0.2) is 17.6 Å². The van der Waals surface area contributed by atoms with Crippen molar-refractivity contribution < 1.29 is 0 Å². The summed E-state index contributed by atoms with van der Waals surface area (Å²) in [5, 5.41) is 6.74. The van der Waals surface area contributed by atoms with Gasteiger partial charge in [-0.3, -0.25) is 0 Å². The molecule has 0 unspecified atom stereocenters. The standard InChI is InChI=1S/C14H17BrN2S/c1-10(2)16-7-6-14-17-13(9-18-14)11-4-3-5-12(15)8-11/h3-5,8-10,16H,6-7H2,1-2H3. The Kier molecular flexibility index (Phi) is 4.92. The summed E-state index contributed by atoms with van der Waals surface area (Å²) in [5.41, 5.74) is 2.24. The summed E-state index contributed by atoms with van der Waals surface area (Å²) < 4.78 is 1.09. The molecular formula is C14H17BrN2S. The second kappa shape index (κ2) is 6.45. The van der Waals surface area contributed by atoms with E-state index in [0.29, 0.717) is 6.04 Å². The van der Waals surface area contributed by atoms with E-state index in [1.54, 1.807) is 11.3 Å². The van der Waals surface area contributed by atoms with Crippen molar-refractivity contribution in [2.45, 2.75) is 26.3 Å². The number of halogens is 1. The van der Waals surface area contributed by atoms with E-state index in [1.165, 1.54) is 10.6 Å². The van der Waals surface area contributed by atoms with Gasteiger partial charge in [0.2, 0.25) is 0 Å². The third-order valence-electron chi connectivity index (χ3n) is 2.56. The lowest BCUT2D eigenvalue weighted by Crippen LogP contribution is -2.24. The molecule has 1 aromatic carbocycles. The Labute approximate surface area is 121 Å². The van der Waals surface area contributed by atoms with Crippen molar-refractivity contribution in [1.82, 2.24) is 10.3 Å². The second-order valence-electron chi connectivity index (χ2n) is 4.50. The summed E-state index contributed by atoms with van der Waals surface area (Å²) in [6, 6.07) is 8.80. The molecule has 96 valence electrons. The van der Waals surface area contributed by atoms with Crippen molar-refractivity contribution in [3.8, 4) is 11.3 Å². The molecule has 0 radical (unpaired) electrons. The average molecular weight is 325 g/mol. The van der Waals surface area contributed by atoms with Gasteiger partial charge >= 0.3 is 0 Å². The first-order valence-corrected chi connectivity index (χ1v) is 7.76. The lowest BCUT2D eigenvalue weighted by atomic mass is 10.2. The highest BCUT2D eigenvalue weighted by Crippen LogP contribution is 2.24. The van der Waals surface area contributed by atoms with Crippen molar-refractivity contribution >= 4 is 27.3 Å². The second-order valence-corrected chi connectivity index (χ2v) is 6.35. The van der Waals surface area contributed by atoms with Crippen LogP contribution >= 0.6 is 27.3 Å². The molecule has 18 heavy (non-hydrogen) atoms. The zero-order valence-electron chi connectivity index (χ0n) is 10.6. The minimum absolute atomic E-state index is 0.537. The first-order valence-electron chi connectivity index (χ1n) is 6.09. The molecule has 0 amide bonds. The molecule has 4 heteroatoms. The SMILES string of the molecule is CC(C)NCCc1nc(-c2cccc(Br)c2)cs1. The average Bonchev–Trinajstić information content (AvgIpc) is 2.77. The van der Waals surface area contributed by atoms with Crippen molar-refractivity contribution in [2.24, 2.45) is 0 Å². The Morgan fingerprint density at radius 2 is 2.22 bits per heavy atom. The number of hydrogen-bond donors (Lipinski definition) is 1. The summed E-state index contributed by atoms with van der Waals surface area (Å²) in [7, 11) is 0. The molecule has 0 aliphatic heterocycles. The number of hydrogen-bond acceptors (Lipinski definition) is 3. The van der Waals surface area contributed by atoms with Gasteiger partial charge in [-0.2, -0.15) is 0 Å². The first-order chi connectivity index (χ1) is 8.65. The Bertz CT molecular complexity index is 508. The predicted molar refractivity (Wildman–Crippen MR) is 82.1 cm³/mol. The number of rotatable bonds is 5. The smallest absolute Gasteiger partial charge is 0.0945 e. The largest absolute Gasteiger partial charge is 0.314 e. The monoisotopic (exact) mass is 324 g/mol. The van der Waals surface area contributed by atoms with E-state index in [0.717, 1.165) is 23.1 Å². The summed E-state index contributed by atoms with van der Waals surface area (Å²) in [5.74, 6) is 0. The zero-order chi connectivity index (χ0) is 13.0. The van der Waals surface area contributed by atoms with Gasteiger partial charge in [0.1, 0.15) is 0 Å². The van der Waals surface area contributed by atoms with Gasteiger partial charge in [0, 0.05) is 34.4 Å². The number of benzene rings is 1. The molecule has 2 nitrogen and oxygen atoms in total. The molecule has 1 heterocycles. The highest BCUT2D eigenvalue weighted by molar-refractivity contribution is 9.10.